The molecular formula is C20H18ClN3O6S. The molecule has 2 aromatic carbocycles. The molecule has 2 aromatic rings. The van der Waals surface area contributed by atoms with Gasteiger partial charge in [-0.15, -0.1) is 23.4 Å². The van der Waals surface area contributed by atoms with Crippen LogP contribution in [0.1, 0.15) is 35.2 Å². The molecule has 0 radical (unpaired) electrons. The van der Waals surface area contributed by atoms with Crippen LogP contribution < -0.4 is 5.32 Å². The number of rotatable bonds is 5. The summed E-state index contributed by atoms with van der Waals surface area (Å²) in [6.07, 6.45) is 0.581. The van der Waals surface area contributed by atoms with Gasteiger partial charge in [-0.25, -0.2) is 4.79 Å². The fraction of sp³-hybridized carbons (Fsp3) is 0.350. The number of anilines is 1. The topological polar surface area (TPSA) is 136 Å². The molecule has 0 saturated heterocycles. The molecule has 4 rings (SSSR count). The molecule has 0 amide bonds. The van der Waals surface area contributed by atoms with Crippen molar-refractivity contribution in [1.82, 2.24) is 0 Å². The number of nitro groups is 2. The Bertz CT molecular complexity index is 1100. The number of nitro benzene ring substituents is 2. The van der Waals surface area contributed by atoms with Crippen LogP contribution in [0.3, 0.4) is 0 Å². The minimum Gasteiger partial charge on any atom is -0.478 e. The zero-order valence-corrected chi connectivity index (χ0v) is 17.8. The van der Waals surface area contributed by atoms with Gasteiger partial charge in [0.2, 0.25) is 0 Å². The van der Waals surface area contributed by atoms with E-state index in [4.69, 9.17) is 11.6 Å². The Hall–Kier alpha value is -2.85. The van der Waals surface area contributed by atoms with Crippen LogP contribution in [0, 0.1) is 26.1 Å². The highest BCUT2D eigenvalue weighted by Gasteiger charge is 2.52. The normalized spacial score (nSPS) is 26.5. The summed E-state index contributed by atoms with van der Waals surface area (Å²) in [4.78, 5) is 34.4. The van der Waals surface area contributed by atoms with Crippen molar-refractivity contribution in [3.63, 3.8) is 0 Å². The van der Waals surface area contributed by atoms with E-state index in [1.807, 2.05) is 6.92 Å². The number of hydrogen-bond donors (Lipinski definition) is 2. The minimum absolute atomic E-state index is 0.0167. The quantitative estimate of drug-likeness (QED) is 0.363. The third-order valence-corrected chi connectivity index (χ3v) is 8.11. The molecule has 9 nitrogen and oxygen atoms in total. The Morgan fingerprint density at radius 3 is 2.48 bits per heavy atom. The van der Waals surface area contributed by atoms with Gasteiger partial charge in [-0.2, -0.15) is 0 Å². The predicted molar refractivity (Wildman–Crippen MR) is 116 cm³/mol. The molecule has 11 heteroatoms. The van der Waals surface area contributed by atoms with Gasteiger partial charge < -0.3 is 10.4 Å². The van der Waals surface area contributed by atoms with Gasteiger partial charge in [-0.05, 0) is 31.4 Å². The lowest BCUT2D eigenvalue weighted by atomic mass is 9.78. The van der Waals surface area contributed by atoms with Gasteiger partial charge in [0.25, 0.3) is 11.4 Å². The van der Waals surface area contributed by atoms with Gasteiger partial charge in [-0.3, -0.25) is 20.2 Å². The summed E-state index contributed by atoms with van der Waals surface area (Å²) in [5.41, 5.74) is 0.314. The van der Waals surface area contributed by atoms with E-state index in [0.29, 0.717) is 16.9 Å². The average molecular weight is 464 g/mol. The van der Waals surface area contributed by atoms with Gasteiger partial charge >= 0.3 is 5.97 Å². The van der Waals surface area contributed by atoms with E-state index in [9.17, 15) is 30.1 Å². The number of hydrogen-bond acceptors (Lipinski definition) is 7. The maximum absolute atomic E-state index is 11.7. The van der Waals surface area contributed by atoms with Gasteiger partial charge in [0, 0.05) is 29.3 Å². The van der Waals surface area contributed by atoms with Gasteiger partial charge in [0.05, 0.1) is 36.9 Å². The number of thioether (sulfide) groups is 1. The molecule has 0 aromatic heterocycles. The van der Waals surface area contributed by atoms with Crippen molar-refractivity contribution in [1.29, 1.82) is 0 Å². The maximum atomic E-state index is 11.7. The largest absolute Gasteiger partial charge is 0.478 e. The Morgan fingerprint density at radius 1 is 1.16 bits per heavy atom. The van der Waals surface area contributed by atoms with Crippen molar-refractivity contribution >= 4 is 46.4 Å². The Kier molecular flexibility index (Phi) is 5.52. The number of nitrogens with zero attached hydrogens (tertiary/aromatic N) is 2. The molecular weight excluding hydrogens is 446 g/mol. The second-order valence-electron chi connectivity index (χ2n) is 7.67. The molecule has 1 aliphatic carbocycles. The van der Waals surface area contributed by atoms with Crippen molar-refractivity contribution in [2.75, 3.05) is 5.32 Å². The van der Waals surface area contributed by atoms with E-state index in [0.717, 1.165) is 0 Å². The van der Waals surface area contributed by atoms with Crippen LogP contribution >= 0.6 is 23.4 Å². The van der Waals surface area contributed by atoms with E-state index in [2.05, 4.69) is 5.32 Å². The van der Waals surface area contributed by atoms with Crippen LogP contribution in [0.15, 0.2) is 41.3 Å². The van der Waals surface area contributed by atoms with Crippen LogP contribution in [-0.2, 0) is 0 Å². The molecule has 1 fully saturated rings. The number of fused-ring (bicyclic) bond motifs is 3. The Labute approximate surface area is 186 Å². The average Bonchev–Trinajstić information content (AvgIpc) is 3.04. The number of aromatic carboxylic acids is 1. The maximum Gasteiger partial charge on any atom is 0.337 e. The highest BCUT2D eigenvalue weighted by molar-refractivity contribution is 8.00. The van der Waals surface area contributed by atoms with Crippen molar-refractivity contribution in [3.8, 4) is 0 Å². The Morgan fingerprint density at radius 2 is 1.84 bits per heavy atom. The second-order valence-corrected chi connectivity index (χ2v) is 9.45. The molecule has 1 aliphatic heterocycles. The number of carboxylic acid groups (broad SMARTS) is 1. The molecule has 1 saturated carbocycles. The number of nitrogens with one attached hydrogen (secondary N) is 1. The zero-order valence-electron chi connectivity index (χ0n) is 16.2. The molecule has 2 aliphatic rings. The lowest BCUT2D eigenvalue weighted by Crippen LogP contribution is -2.36. The third-order valence-electron chi connectivity index (χ3n) is 6.00. The summed E-state index contributed by atoms with van der Waals surface area (Å²) >= 11 is 8.14. The number of benzene rings is 2. The first-order valence-corrected chi connectivity index (χ1v) is 10.9. The van der Waals surface area contributed by atoms with E-state index >= 15 is 0 Å². The first-order chi connectivity index (χ1) is 14.7. The van der Waals surface area contributed by atoms with Crippen LogP contribution in [0.4, 0.5) is 17.1 Å². The summed E-state index contributed by atoms with van der Waals surface area (Å²) in [7, 11) is 0. The van der Waals surface area contributed by atoms with E-state index in [1.54, 1.807) is 18.2 Å². The summed E-state index contributed by atoms with van der Waals surface area (Å²) in [5.74, 6) is -1.72. The summed E-state index contributed by atoms with van der Waals surface area (Å²) in [6, 6.07) is 8.67. The lowest BCUT2D eigenvalue weighted by molar-refractivity contribution is -0.387. The van der Waals surface area contributed by atoms with E-state index < -0.39 is 27.1 Å². The lowest BCUT2D eigenvalue weighted by Gasteiger charge is -2.36. The van der Waals surface area contributed by atoms with Crippen molar-refractivity contribution in [2.24, 2.45) is 5.92 Å². The van der Waals surface area contributed by atoms with Crippen LogP contribution in [0.2, 0.25) is 0 Å². The molecule has 0 bridgehead atoms. The fourth-order valence-electron chi connectivity index (χ4n) is 4.66. The number of carboxylic acids is 1. The standard InChI is InChI=1S/C20H18ClN3O6S/c1-9-11-8-15(31-14-5-3-2-4-12(14)23(27)28)18(21)16(11)17-13(24(29)30)7-6-10(20(25)26)19(17)22-9/h2-7,9,11,15-16,18,22H,8H2,1H3,(H,25,26). The molecule has 5 atom stereocenters. The Balaban J connectivity index is 1.77. The monoisotopic (exact) mass is 463 g/mol. The third kappa shape index (κ3) is 3.59. The molecule has 0 spiro atoms. The smallest absolute Gasteiger partial charge is 0.337 e. The summed E-state index contributed by atoms with van der Waals surface area (Å²) in [6.45, 7) is 1.90. The number of halogens is 1. The highest BCUT2D eigenvalue weighted by atomic mass is 35.5. The van der Waals surface area contributed by atoms with Crippen molar-refractivity contribution < 1.29 is 19.7 Å². The minimum atomic E-state index is -1.18. The first kappa shape index (κ1) is 21.4. The molecule has 1 heterocycles. The van der Waals surface area contributed by atoms with Crippen molar-refractivity contribution in [3.05, 3.63) is 67.8 Å². The van der Waals surface area contributed by atoms with Gasteiger partial charge in [0.15, 0.2) is 0 Å². The molecule has 31 heavy (non-hydrogen) atoms. The fourth-order valence-corrected chi connectivity index (χ4v) is 6.59. The zero-order chi connectivity index (χ0) is 22.4. The second kappa shape index (κ2) is 8.01. The highest BCUT2D eigenvalue weighted by Crippen LogP contribution is 2.57. The molecule has 5 unspecified atom stereocenters. The molecule has 162 valence electrons. The number of alkyl halides is 1. The summed E-state index contributed by atoms with van der Waals surface area (Å²) < 4.78 is 0. The SMILES string of the molecule is CC1Nc2c(C(=O)O)ccc([N+](=O)[O-])c2C2C(Cl)C(Sc3ccccc3[N+](=O)[O-])CC12. The van der Waals surface area contributed by atoms with Crippen molar-refractivity contribution in [2.45, 2.75) is 40.8 Å². The van der Waals surface area contributed by atoms with Crippen LogP contribution in [-0.4, -0.2) is 37.6 Å². The van der Waals surface area contributed by atoms with Crippen LogP contribution in [0.25, 0.3) is 0 Å². The summed E-state index contributed by atoms with van der Waals surface area (Å²) in [5, 5.41) is 35.0. The van der Waals surface area contributed by atoms with E-state index in [-0.39, 0.29) is 39.8 Å². The van der Waals surface area contributed by atoms with Gasteiger partial charge in [0.1, 0.15) is 0 Å². The molecule has 2 N–H and O–H groups in total. The first-order valence-electron chi connectivity index (χ1n) is 9.56. The van der Waals surface area contributed by atoms with Gasteiger partial charge in [-0.1, -0.05) is 12.1 Å². The number of carbonyl (C=O) groups is 1. The number of para-hydroxylation sites is 1. The van der Waals surface area contributed by atoms with Crippen LogP contribution in [0.5, 0.6) is 0 Å². The van der Waals surface area contributed by atoms with E-state index in [1.165, 1.54) is 30.0 Å². The predicted octanol–water partition coefficient (Wildman–Crippen LogP) is 4.89.